The maximum atomic E-state index is 11.1. The maximum Gasteiger partial charge on any atom is 0.335 e. The van der Waals surface area contributed by atoms with E-state index in [1.165, 1.54) is 0 Å². The molecule has 1 aromatic carbocycles. The topological polar surface area (TPSA) is 73.6 Å². The van der Waals surface area contributed by atoms with Crippen LogP contribution in [0.3, 0.4) is 0 Å². The second-order valence-corrected chi connectivity index (χ2v) is 4.87. The van der Waals surface area contributed by atoms with Crippen LogP contribution < -0.4 is 0 Å². The minimum absolute atomic E-state index is 0.0165. The van der Waals surface area contributed by atoms with Crippen molar-refractivity contribution in [3.8, 4) is 0 Å². The van der Waals surface area contributed by atoms with Crippen LogP contribution in [0.2, 0.25) is 0 Å². The quantitative estimate of drug-likeness (QED) is 0.923. The third-order valence-electron chi connectivity index (χ3n) is 3.75. The van der Waals surface area contributed by atoms with Gasteiger partial charge in [0.15, 0.2) is 0 Å². The summed E-state index contributed by atoms with van der Waals surface area (Å²) in [5.41, 5.74) is 1.82. The first-order valence-electron chi connectivity index (χ1n) is 6.51. The van der Waals surface area contributed by atoms with Crippen LogP contribution >= 0.6 is 0 Å². The third kappa shape index (κ3) is 2.17. The van der Waals surface area contributed by atoms with Crippen LogP contribution in [0.25, 0.3) is 11.0 Å². The molecule has 2 aromatic rings. The third-order valence-corrected chi connectivity index (χ3v) is 3.75. The lowest BCUT2D eigenvalue weighted by atomic mass is 10.1. The first-order chi connectivity index (χ1) is 9.70. The van der Waals surface area contributed by atoms with Crippen LogP contribution in [0.5, 0.6) is 0 Å². The first kappa shape index (κ1) is 13.1. The number of methoxy groups -OCH3 is 1. The molecule has 6 heteroatoms. The van der Waals surface area contributed by atoms with E-state index in [0.29, 0.717) is 13.2 Å². The van der Waals surface area contributed by atoms with Crippen molar-refractivity contribution in [2.45, 2.75) is 18.6 Å². The molecular formula is C14H16N2O4. The lowest BCUT2D eigenvalue weighted by Gasteiger charge is -2.31. The SMILES string of the molecule is CO[C@H]1CCOC[C@H]1n1cnc2ccc(C(=O)O)cc21. The van der Waals surface area contributed by atoms with Gasteiger partial charge in [-0.15, -0.1) is 0 Å². The zero-order valence-electron chi connectivity index (χ0n) is 11.2. The molecule has 1 aliphatic rings. The van der Waals surface area contributed by atoms with Crippen molar-refractivity contribution < 1.29 is 19.4 Å². The van der Waals surface area contributed by atoms with Crippen molar-refractivity contribution >= 4 is 17.0 Å². The molecule has 1 saturated heterocycles. The molecular weight excluding hydrogens is 260 g/mol. The molecule has 106 valence electrons. The second kappa shape index (κ2) is 5.22. The lowest BCUT2D eigenvalue weighted by molar-refractivity contribution is -0.0486. The molecule has 1 aliphatic heterocycles. The molecule has 3 rings (SSSR count). The molecule has 2 heterocycles. The van der Waals surface area contributed by atoms with Gasteiger partial charge in [-0.05, 0) is 24.6 Å². The average molecular weight is 276 g/mol. The summed E-state index contributed by atoms with van der Waals surface area (Å²) in [4.78, 5) is 15.4. The van der Waals surface area contributed by atoms with Gasteiger partial charge in [-0.25, -0.2) is 9.78 Å². The van der Waals surface area contributed by atoms with Crippen molar-refractivity contribution in [1.29, 1.82) is 0 Å². The van der Waals surface area contributed by atoms with Gasteiger partial charge >= 0.3 is 5.97 Å². The zero-order chi connectivity index (χ0) is 14.1. The Bertz CT molecular complexity index is 637. The van der Waals surface area contributed by atoms with Crippen LogP contribution in [0.4, 0.5) is 0 Å². The van der Waals surface area contributed by atoms with Crippen molar-refractivity contribution in [2.75, 3.05) is 20.3 Å². The fourth-order valence-electron chi connectivity index (χ4n) is 2.66. The van der Waals surface area contributed by atoms with Gasteiger partial charge in [0, 0.05) is 13.7 Å². The van der Waals surface area contributed by atoms with E-state index in [-0.39, 0.29) is 17.7 Å². The molecule has 0 saturated carbocycles. The predicted octanol–water partition coefficient (Wildman–Crippen LogP) is 1.71. The highest BCUT2D eigenvalue weighted by Gasteiger charge is 2.28. The van der Waals surface area contributed by atoms with Crippen molar-refractivity contribution in [3.63, 3.8) is 0 Å². The fourth-order valence-corrected chi connectivity index (χ4v) is 2.66. The molecule has 1 fully saturated rings. The summed E-state index contributed by atoms with van der Waals surface area (Å²) in [6.45, 7) is 1.23. The van der Waals surface area contributed by atoms with Crippen molar-refractivity contribution in [3.05, 3.63) is 30.1 Å². The smallest absolute Gasteiger partial charge is 0.335 e. The molecule has 2 atom stereocenters. The molecule has 6 nitrogen and oxygen atoms in total. The van der Waals surface area contributed by atoms with E-state index in [9.17, 15) is 4.79 Å². The first-order valence-corrected chi connectivity index (χ1v) is 6.51. The summed E-state index contributed by atoms with van der Waals surface area (Å²) in [6, 6.07) is 4.95. The maximum absolute atomic E-state index is 11.1. The van der Waals surface area contributed by atoms with E-state index in [1.807, 2.05) is 4.57 Å². The van der Waals surface area contributed by atoms with E-state index < -0.39 is 5.97 Å². The van der Waals surface area contributed by atoms with E-state index in [4.69, 9.17) is 14.6 Å². The Morgan fingerprint density at radius 3 is 3.15 bits per heavy atom. The summed E-state index contributed by atoms with van der Waals surface area (Å²) in [5, 5.41) is 9.10. The number of fused-ring (bicyclic) bond motifs is 1. The van der Waals surface area contributed by atoms with Gasteiger partial charge in [-0.2, -0.15) is 0 Å². The Kier molecular flexibility index (Phi) is 3.42. The number of rotatable bonds is 3. The van der Waals surface area contributed by atoms with Gasteiger partial charge < -0.3 is 19.1 Å². The summed E-state index contributed by atoms with van der Waals surface area (Å²) in [7, 11) is 1.69. The molecule has 20 heavy (non-hydrogen) atoms. The predicted molar refractivity (Wildman–Crippen MR) is 72.0 cm³/mol. The highest BCUT2D eigenvalue weighted by Crippen LogP contribution is 2.27. The van der Waals surface area contributed by atoms with Crippen LogP contribution in [0.1, 0.15) is 22.8 Å². The van der Waals surface area contributed by atoms with Crippen LogP contribution in [0, 0.1) is 0 Å². The normalized spacial score (nSPS) is 23.1. The highest BCUT2D eigenvalue weighted by atomic mass is 16.5. The molecule has 0 unspecified atom stereocenters. The molecule has 0 bridgehead atoms. The van der Waals surface area contributed by atoms with Crippen molar-refractivity contribution in [1.82, 2.24) is 9.55 Å². The van der Waals surface area contributed by atoms with E-state index >= 15 is 0 Å². The summed E-state index contributed by atoms with van der Waals surface area (Å²) in [6.07, 6.45) is 2.59. The Morgan fingerprint density at radius 1 is 1.55 bits per heavy atom. The van der Waals surface area contributed by atoms with Crippen LogP contribution in [-0.2, 0) is 9.47 Å². The van der Waals surface area contributed by atoms with Gasteiger partial charge in [0.2, 0.25) is 0 Å². The minimum atomic E-state index is -0.942. The van der Waals surface area contributed by atoms with Crippen molar-refractivity contribution in [2.24, 2.45) is 0 Å². The highest BCUT2D eigenvalue weighted by molar-refractivity contribution is 5.92. The summed E-state index contributed by atoms with van der Waals surface area (Å²) >= 11 is 0. The number of carboxylic acid groups (broad SMARTS) is 1. The minimum Gasteiger partial charge on any atom is -0.478 e. The van der Waals surface area contributed by atoms with E-state index in [2.05, 4.69) is 4.98 Å². The Morgan fingerprint density at radius 2 is 2.40 bits per heavy atom. The zero-order valence-corrected chi connectivity index (χ0v) is 11.2. The molecule has 0 radical (unpaired) electrons. The Labute approximate surface area is 115 Å². The Balaban J connectivity index is 2.06. The van der Waals surface area contributed by atoms with E-state index in [0.717, 1.165) is 17.5 Å². The van der Waals surface area contributed by atoms with Gasteiger partial charge in [0.05, 0.1) is 41.7 Å². The van der Waals surface area contributed by atoms with Gasteiger partial charge in [-0.3, -0.25) is 0 Å². The lowest BCUT2D eigenvalue weighted by Crippen LogP contribution is -2.35. The number of aromatic nitrogens is 2. The standard InChI is InChI=1S/C14H16N2O4/c1-19-13-4-5-20-7-12(13)16-8-15-10-3-2-9(14(17)18)6-11(10)16/h2-3,6,8,12-13H,4-5,7H2,1H3,(H,17,18)/t12-,13+/m1/s1. The summed E-state index contributed by atoms with van der Waals surface area (Å²) in [5.74, 6) is -0.942. The fraction of sp³-hybridized carbons (Fsp3) is 0.429. The molecule has 1 N–H and O–H groups in total. The average Bonchev–Trinajstić information content (AvgIpc) is 2.89. The Hall–Kier alpha value is -1.92. The van der Waals surface area contributed by atoms with Gasteiger partial charge in [0.25, 0.3) is 0 Å². The number of carboxylic acids is 1. The number of ether oxygens (including phenoxy) is 2. The second-order valence-electron chi connectivity index (χ2n) is 4.87. The van der Waals surface area contributed by atoms with Gasteiger partial charge in [-0.1, -0.05) is 0 Å². The number of carbonyl (C=O) groups is 1. The molecule has 1 aromatic heterocycles. The largest absolute Gasteiger partial charge is 0.478 e. The summed E-state index contributed by atoms with van der Waals surface area (Å²) < 4.78 is 13.0. The number of benzene rings is 1. The molecule has 0 amide bonds. The molecule has 0 spiro atoms. The number of aromatic carboxylic acids is 1. The molecule has 0 aliphatic carbocycles. The van der Waals surface area contributed by atoms with Gasteiger partial charge in [0.1, 0.15) is 0 Å². The number of imidazole rings is 1. The monoisotopic (exact) mass is 276 g/mol. The van der Waals surface area contributed by atoms with E-state index in [1.54, 1.807) is 31.6 Å². The number of nitrogens with zero attached hydrogens (tertiary/aromatic N) is 2. The number of hydrogen-bond acceptors (Lipinski definition) is 4. The number of hydrogen-bond donors (Lipinski definition) is 1. The van der Waals surface area contributed by atoms with Crippen LogP contribution in [0.15, 0.2) is 24.5 Å². The van der Waals surface area contributed by atoms with Crippen LogP contribution in [-0.4, -0.2) is 47.1 Å².